The van der Waals surface area contributed by atoms with Crippen molar-refractivity contribution in [1.82, 2.24) is 10.3 Å². The highest BCUT2D eigenvalue weighted by Gasteiger charge is 2.32. The van der Waals surface area contributed by atoms with Gasteiger partial charge in [0.2, 0.25) is 0 Å². The third-order valence-corrected chi connectivity index (χ3v) is 3.04. The van der Waals surface area contributed by atoms with Gasteiger partial charge in [-0.15, -0.1) is 0 Å². The number of amides is 1. The van der Waals surface area contributed by atoms with Crippen molar-refractivity contribution in [2.24, 2.45) is 11.7 Å². The molecular formula is C12H14F3N3O. The van der Waals surface area contributed by atoms with Crippen LogP contribution >= 0.6 is 0 Å². The Bertz CT molecular complexity index is 454. The lowest BCUT2D eigenvalue weighted by Crippen LogP contribution is -2.38. The molecule has 19 heavy (non-hydrogen) atoms. The van der Waals surface area contributed by atoms with Crippen molar-refractivity contribution in [3.05, 3.63) is 29.6 Å². The summed E-state index contributed by atoms with van der Waals surface area (Å²) < 4.78 is 36.9. The number of nitrogens with one attached hydrogen (secondary N) is 1. The molecule has 0 bridgehead atoms. The maximum atomic E-state index is 12.3. The number of rotatable bonds is 4. The predicted octanol–water partition coefficient (Wildman–Crippen LogP) is 1.57. The highest BCUT2D eigenvalue weighted by molar-refractivity contribution is 5.93. The van der Waals surface area contributed by atoms with Gasteiger partial charge in [0, 0.05) is 18.8 Å². The van der Waals surface area contributed by atoms with Crippen LogP contribution in [0.4, 0.5) is 13.2 Å². The molecule has 1 fully saturated rings. The number of hydrogen-bond donors (Lipinski definition) is 2. The number of halogens is 3. The average molecular weight is 273 g/mol. The molecule has 1 aromatic rings. The summed E-state index contributed by atoms with van der Waals surface area (Å²) in [5.74, 6) is -0.0108. The van der Waals surface area contributed by atoms with Gasteiger partial charge >= 0.3 is 6.18 Å². The molecule has 1 heterocycles. The van der Waals surface area contributed by atoms with Gasteiger partial charge in [0.1, 0.15) is 5.69 Å². The summed E-state index contributed by atoms with van der Waals surface area (Å²) in [6, 6.07) is 1.80. The molecule has 1 aliphatic rings. The van der Waals surface area contributed by atoms with Crippen molar-refractivity contribution in [2.75, 3.05) is 6.54 Å². The van der Waals surface area contributed by atoms with Crippen molar-refractivity contribution < 1.29 is 18.0 Å². The van der Waals surface area contributed by atoms with E-state index in [9.17, 15) is 18.0 Å². The minimum absolute atomic E-state index is 0.0913. The van der Waals surface area contributed by atoms with Crippen molar-refractivity contribution in [3.63, 3.8) is 0 Å². The summed E-state index contributed by atoms with van der Waals surface area (Å²) >= 11 is 0. The van der Waals surface area contributed by atoms with Crippen LogP contribution in [-0.4, -0.2) is 23.5 Å². The average Bonchev–Trinajstić information content (AvgIpc) is 3.19. The first-order valence-electron chi connectivity index (χ1n) is 5.95. The number of carbonyl (C=O) groups excluding carboxylic acids is 1. The number of hydrogen-bond acceptors (Lipinski definition) is 3. The zero-order valence-electron chi connectivity index (χ0n) is 10.1. The molecule has 1 aromatic heterocycles. The highest BCUT2D eigenvalue weighted by Crippen LogP contribution is 2.31. The van der Waals surface area contributed by atoms with E-state index in [0.717, 1.165) is 31.2 Å². The second-order valence-corrected chi connectivity index (χ2v) is 4.64. The second kappa shape index (κ2) is 5.16. The van der Waals surface area contributed by atoms with Crippen LogP contribution in [0.15, 0.2) is 18.3 Å². The Hall–Kier alpha value is -1.63. The second-order valence-electron chi connectivity index (χ2n) is 4.64. The molecule has 0 aliphatic heterocycles. The van der Waals surface area contributed by atoms with Crippen LogP contribution in [0.2, 0.25) is 0 Å². The van der Waals surface area contributed by atoms with Gasteiger partial charge in [0.05, 0.1) is 5.56 Å². The minimum atomic E-state index is -4.50. The SMILES string of the molecule is NC(CNC(=O)c1ccc(C(F)(F)F)nc1)C1CC1. The number of aromatic nitrogens is 1. The molecule has 0 radical (unpaired) electrons. The molecule has 3 N–H and O–H groups in total. The number of nitrogens with two attached hydrogens (primary N) is 1. The van der Waals surface area contributed by atoms with Crippen LogP contribution < -0.4 is 11.1 Å². The maximum absolute atomic E-state index is 12.3. The first-order chi connectivity index (χ1) is 8.88. The van der Waals surface area contributed by atoms with Crippen LogP contribution in [0, 0.1) is 5.92 Å². The first kappa shape index (κ1) is 13.8. The van der Waals surface area contributed by atoms with Crippen LogP contribution in [0.5, 0.6) is 0 Å². The van der Waals surface area contributed by atoms with Crippen molar-refractivity contribution in [3.8, 4) is 0 Å². The topological polar surface area (TPSA) is 68.0 Å². The first-order valence-corrected chi connectivity index (χ1v) is 5.95. The van der Waals surface area contributed by atoms with E-state index in [1.165, 1.54) is 0 Å². The molecular weight excluding hydrogens is 259 g/mol. The van der Waals surface area contributed by atoms with Gasteiger partial charge in [-0.2, -0.15) is 13.2 Å². The van der Waals surface area contributed by atoms with Gasteiger partial charge in [-0.05, 0) is 30.9 Å². The summed E-state index contributed by atoms with van der Waals surface area (Å²) in [5, 5.41) is 2.59. The third kappa shape index (κ3) is 3.66. The summed E-state index contributed by atoms with van der Waals surface area (Å²) in [7, 11) is 0. The fourth-order valence-corrected chi connectivity index (χ4v) is 1.70. The van der Waals surface area contributed by atoms with Gasteiger partial charge in [-0.1, -0.05) is 0 Å². The summed E-state index contributed by atoms with van der Waals surface area (Å²) in [4.78, 5) is 14.9. The Morgan fingerprint density at radius 2 is 2.16 bits per heavy atom. The summed E-state index contributed by atoms with van der Waals surface area (Å²) in [6.07, 6.45) is -1.44. The third-order valence-electron chi connectivity index (χ3n) is 3.04. The Morgan fingerprint density at radius 1 is 1.47 bits per heavy atom. The Balaban J connectivity index is 1.91. The van der Waals surface area contributed by atoms with E-state index in [-0.39, 0.29) is 11.6 Å². The Morgan fingerprint density at radius 3 is 2.63 bits per heavy atom. The largest absolute Gasteiger partial charge is 0.433 e. The summed E-state index contributed by atoms with van der Waals surface area (Å²) in [5.41, 5.74) is 4.89. The van der Waals surface area contributed by atoms with E-state index in [0.29, 0.717) is 12.5 Å². The molecule has 1 amide bonds. The fourth-order valence-electron chi connectivity index (χ4n) is 1.70. The Kier molecular flexibility index (Phi) is 3.75. The van der Waals surface area contributed by atoms with Crippen LogP contribution in [0.25, 0.3) is 0 Å². The minimum Gasteiger partial charge on any atom is -0.350 e. The fraction of sp³-hybridized carbons (Fsp3) is 0.500. The molecule has 0 aromatic carbocycles. The number of carbonyl (C=O) groups is 1. The lowest BCUT2D eigenvalue weighted by atomic mass is 10.2. The van der Waals surface area contributed by atoms with Gasteiger partial charge in [-0.25, -0.2) is 0 Å². The van der Waals surface area contributed by atoms with Crippen LogP contribution in [-0.2, 0) is 6.18 Å². The van der Waals surface area contributed by atoms with E-state index in [1.807, 2.05) is 0 Å². The Labute approximate surface area is 108 Å². The number of pyridine rings is 1. The molecule has 1 unspecified atom stereocenters. The van der Waals surface area contributed by atoms with Crippen molar-refractivity contribution >= 4 is 5.91 Å². The standard InChI is InChI=1S/C12H14F3N3O/c13-12(14,15)10-4-3-8(5-17-10)11(19)18-6-9(16)7-1-2-7/h3-5,7,9H,1-2,6,16H2,(H,18,19). The van der Waals surface area contributed by atoms with Gasteiger partial charge in [-0.3, -0.25) is 9.78 Å². The van der Waals surface area contributed by atoms with Gasteiger partial charge < -0.3 is 11.1 Å². The number of alkyl halides is 3. The van der Waals surface area contributed by atoms with Gasteiger partial charge in [0.15, 0.2) is 0 Å². The quantitative estimate of drug-likeness (QED) is 0.875. The van der Waals surface area contributed by atoms with Crippen LogP contribution in [0.1, 0.15) is 28.9 Å². The lowest BCUT2D eigenvalue weighted by Gasteiger charge is -2.11. The van der Waals surface area contributed by atoms with E-state index in [2.05, 4.69) is 10.3 Å². The smallest absolute Gasteiger partial charge is 0.350 e. The highest BCUT2D eigenvalue weighted by atomic mass is 19.4. The van der Waals surface area contributed by atoms with E-state index >= 15 is 0 Å². The molecule has 4 nitrogen and oxygen atoms in total. The summed E-state index contributed by atoms with van der Waals surface area (Å²) in [6.45, 7) is 0.324. The molecule has 7 heteroatoms. The van der Waals surface area contributed by atoms with Crippen molar-refractivity contribution in [1.29, 1.82) is 0 Å². The molecule has 0 saturated heterocycles. The normalized spacial score (nSPS) is 17.1. The van der Waals surface area contributed by atoms with Crippen LogP contribution in [0.3, 0.4) is 0 Å². The molecule has 1 aliphatic carbocycles. The number of nitrogens with zero attached hydrogens (tertiary/aromatic N) is 1. The van der Waals surface area contributed by atoms with E-state index < -0.39 is 17.8 Å². The molecule has 2 rings (SSSR count). The zero-order valence-corrected chi connectivity index (χ0v) is 10.1. The van der Waals surface area contributed by atoms with Gasteiger partial charge in [0.25, 0.3) is 5.91 Å². The molecule has 104 valence electrons. The molecule has 1 saturated carbocycles. The van der Waals surface area contributed by atoms with E-state index in [1.54, 1.807) is 0 Å². The van der Waals surface area contributed by atoms with Crippen molar-refractivity contribution in [2.45, 2.75) is 25.1 Å². The molecule has 1 atom stereocenters. The predicted molar refractivity (Wildman–Crippen MR) is 62.3 cm³/mol. The lowest BCUT2D eigenvalue weighted by molar-refractivity contribution is -0.141. The maximum Gasteiger partial charge on any atom is 0.433 e. The molecule has 0 spiro atoms. The zero-order chi connectivity index (χ0) is 14.0. The monoisotopic (exact) mass is 273 g/mol. The van der Waals surface area contributed by atoms with E-state index in [4.69, 9.17) is 5.73 Å².